The number of rotatable bonds is 4. The second-order valence-electron chi connectivity index (χ2n) is 2.89. The topological polar surface area (TPSA) is 34.1 Å². The minimum atomic E-state index is -1.04. The summed E-state index contributed by atoms with van der Waals surface area (Å²) >= 11 is 0. The molecule has 3 heteroatoms. The first-order valence-electron chi connectivity index (χ1n) is 4.29. The van der Waals surface area contributed by atoms with Crippen molar-refractivity contribution >= 4 is 17.1 Å². The first kappa shape index (κ1) is 10.9. The molecule has 0 heterocycles. The molecule has 0 fully saturated rings. The molecule has 1 aromatic rings. The molecule has 1 aromatic carbocycles. The third-order valence-corrected chi connectivity index (χ3v) is 3.02. The number of aldehydes is 1. The molecule has 0 radical (unpaired) electrons. The van der Waals surface area contributed by atoms with E-state index in [-0.39, 0.29) is 0 Å². The van der Waals surface area contributed by atoms with Gasteiger partial charge in [0.25, 0.3) is 0 Å². The Hall–Kier alpha value is -1.22. The van der Waals surface area contributed by atoms with Crippen molar-refractivity contribution in [3.8, 4) is 0 Å². The number of benzene rings is 1. The summed E-state index contributed by atoms with van der Waals surface area (Å²) in [6.07, 6.45) is 2.46. The van der Waals surface area contributed by atoms with Gasteiger partial charge in [-0.2, -0.15) is 0 Å². The largest absolute Gasteiger partial charge is 0.298 e. The normalized spacial score (nSPS) is 13.6. The number of hydrogen-bond acceptors (Lipinski definition) is 2. The van der Waals surface area contributed by atoms with Gasteiger partial charge in [0.2, 0.25) is 0 Å². The molecule has 2 nitrogen and oxygen atoms in total. The van der Waals surface area contributed by atoms with E-state index in [9.17, 15) is 9.00 Å². The Morgan fingerprint density at radius 2 is 2.00 bits per heavy atom. The fourth-order valence-electron chi connectivity index (χ4n) is 0.924. The average molecular weight is 208 g/mol. The number of carbonyl (C=O) groups is 1. The molecule has 0 saturated carbocycles. The zero-order chi connectivity index (χ0) is 10.4. The molecule has 0 bridgehead atoms. The summed E-state index contributed by atoms with van der Waals surface area (Å²) in [5.74, 6) is 0.397. The van der Waals surface area contributed by atoms with Crippen LogP contribution in [0.1, 0.15) is 6.92 Å². The van der Waals surface area contributed by atoms with Crippen LogP contribution in [0, 0.1) is 0 Å². The Bertz CT molecular complexity index is 355. The molecule has 0 aliphatic carbocycles. The van der Waals surface area contributed by atoms with Crippen LogP contribution in [0.5, 0.6) is 0 Å². The molecule has 0 aromatic heterocycles. The van der Waals surface area contributed by atoms with Gasteiger partial charge in [0, 0.05) is 10.6 Å². The van der Waals surface area contributed by atoms with Gasteiger partial charge in [-0.1, -0.05) is 24.3 Å². The van der Waals surface area contributed by atoms with Crippen LogP contribution in [0.25, 0.3) is 0 Å². The molecule has 0 aliphatic heterocycles. The molecule has 1 unspecified atom stereocenters. The van der Waals surface area contributed by atoms with Crippen molar-refractivity contribution in [2.24, 2.45) is 0 Å². The van der Waals surface area contributed by atoms with Gasteiger partial charge < -0.3 is 0 Å². The van der Waals surface area contributed by atoms with Crippen molar-refractivity contribution in [2.75, 3.05) is 5.75 Å². The summed E-state index contributed by atoms with van der Waals surface area (Å²) in [5.41, 5.74) is 0.620. The summed E-state index contributed by atoms with van der Waals surface area (Å²) < 4.78 is 11.6. The van der Waals surface area contributed by atoms with Gasteiger partial charge in [-0.3, -0.25) is 9.00 Å². The van der Waals surface area contributed by atoms with Crippen molar-refractivity contribution < 1.29 is 9.00 Å². The van der Waals surface area contributed by atoms with Gasteiger partial charge in [-0.05, 0) is 24.6 Å². The zero-order valence-corrected chi connectivity index (χ0v) is 8.79. The number of allylic oxidation sites excluding steroid dienone is 1. The van der Waals surface area contributed by atoms with Gasteiger partial charge in [-0.25, -0.2) is 0 Å². The van der Waals surface area contributed by atoms with Gasteiger partial charge in [0.05, 0.1) is 10.8 Å². The second kappa shape index (κ2) is 5.50. The molecule has 74 valence electrons. The van der Waals surface area contributed by atoms with Crippen molar-refractivity contribution in [3.63, 3.8) is 0 Å². The molecule has 0 aliphatic rings. The van der Waals surface area contributed by atoms with Crippen LogP contribution >= 0.6 is 0 Å². The summed E-state index contributed by atoms with van der Waals surface area (Å²) in [6, 6.07) is 9.22. The van der Waals surface area contributed by atoms with E-state index >= 15 is 0 Å². The Morgan fingerprint density at radius 1 is 1.36 bits per heavy atom. The summed E-state index contributed by atoms with van der Waals surface area (Å²) in [4.78, 5) is 11.1. The lowest BCUT2D eigenvalue weighted by Crippen LogP contribution is -1.95. The molecule has 0 spiro atoms. The van der Waals surface area contributed by atoms with Crippen LogP contribution in [0.15, 0.2) is 46.9 Å². The Balaban J connectivity index is 2.65. The Kier molecular flexibility index (Phi) is 4.26. The van der Waals surface area contributed by atoms with E-state index < -0.39 is 10.8 Å². The summed E-state index contributed by atoms with van der Waals surface area (Å²) in [7, 11) is -1.04. The van der Waals surface area contributed by atoms with Crippen molar-refractivity contribution in [1.82, 2.24) is 0 Å². The third-order valence-electron chi connectivity index (χ3n) is 1.75. The number of carbonyl (C=O) groups excluding carboxylic acids is 1. The van der Waals surface area contributed by atoms with E-state index in [1.54, 1.807) is 13.0 Å². The quantitative estimate of drug-likeness (QED) is 0.559. The van der Waals surface area contributed by atoms with Crippen LogP contribution < -0.4 is 0 Å². The lowest BCUT2D eigenvalue weighted by Gasteiger charge is -1.97. The van der Waals surface area contributed by atoms with Gasteiger partial charge in [-0.15, -0.1) is 0 Å². The lowest BCUT2D eigenvalue weighted by molar-refractivity contribution is -0.104. The van der Waals surface area contributed by atoms with Gasteiger partial charge >= 0.3 is 0 Å². The van der Waals surface area contributed by atoms with E-state index in [2.05, 4.69) is 0 Å². The Morgan fingerprint density at radius 3 is 2.57 bits per heavy atom. The third kappa shape index (κ3) is 3.26. The average Bonchev–Trinajstić information content (AvgIpc) is 2.26. The first-order chi connectivity index (χ1) is 6.74. The predicted molar refractivity (Wildman–Crippen MR) is 57.5 cm³/mol. The summed E-state index contributed by atoms with van der Waals surface area (Å²) in [6.45, 7) is 1.70. The molecule has 0 N–H and O–H groups in total. The smallest absolute Gasteiger partial charge is 0.145 e. The van der Waals surface area contributed by atoms with E-state index in [0.717, 1.165) is 11.2 Å². The fraction of sp³-hybridized carbons (Fsp3) is 0.182. The zero-order valence-electron chi connectivity index (χ0n) is 7.97. The summed E-state index contributed by atoms with van der Waals surface area (Å²) in [5, 5.41) is 0. The van der Waals surface area contributed by atoms with Crippen LogP contribution in [0.3, 0.4) is 0 Å². The van der Waals surface area contributed by atoms with Crippen LogP contribution in [0.2, 0.25) is 0 Å². The van der Waals surface area contributed by atoms with E-state index in [1.165, 1.54) is 0 Å². The van der Waals surface area contributed by atoms with Crippen molar-refractivity contribution in [3.05, 3.63) is 42.0 Å². The molecule has 0 saturated heterocycles. The van der Waals surface area contributed by atoms with E-state index in [1.807, 2.05) is 30.3 Å². The second-order valence-corrected chi connectivity index (χ2v) is 4.39. The highest BCUT2D eigenvalue weighted by atomic mass is 32.2. The highest BCUT2D eigenvalue weighted by Gasteiger charge is 1.99. The van der Waals surface area contributed by atoms with Crippen molar-refractivity contribution in [1.29, 1.82) is 0 Å². The molecule has 0 amide bonds. The maximum Gasteiger partial charge on any atom is 0.145 e. The molecular weight excluding hydrogens is 196 g/mol. The van der Waals surface area contributed by atoms with E-state index in [0.29, 0.717) is 11.3 Å². The maximum atomic E-state index is 11.6. The maximum absolute atomic E-state index is 11.6. The first-order valence-corrected chi connectivity index (χ1v) is 5.61. The van der Waals surface area contributed by atoms with Gasteiger partial charge in [0.15, 0.2) is 0 Å². The highest BCUT2D eigenvalue weighted by Crippen LogP contribution is 2.05. The minimum absolute atomic E-state index is 0.397. The lowest BCUT2D eigenvalue weighted by atomic mass is 10.3. The van der Waals surface area contributed by atoms with Crippen molar-refractivity contribution in [2.45, 2.75) is 11.8 Å². The van der Waals surface area contributed by atoms with E-state index in [4.69, 9.17) is 0 Å². The highest BCUT2D eigenvalue weighted by molar-refractivity contribution is 7.85. The number of hydrogen-bond donors (Lipinski definition) is 0. The molecular formula is C11H12O2S. The SMILES string of the molecule is C/C(C=O)=C\CS(=O)c1ccccc1. The standard InChI is InChI=1S/C11H12O2S/c1-10(9-12)7-8-14(13)11-5-3-2-4-6-11/h2-7,9H,8H2,1H3/b10-7+. The van der Waals surface area contributed by atoms with Gasteiger partial charge in [0.1, 0.15) is 6.29 Å². The fourth-order valence-corrected chi connectivity index (χ4v) is 1.99. The monoisotopic (exact) mass is 208 g/mol. The minimum Gasteiger partial charge on any atom is -0.298 e. The van der Waals surface area contributed by atoms with Crippen LogP contribution in [-0.2, 0) is 15.6 Å². The molecule has 14 heavy (non-hydrogen) atoms. The molecule has 1 rings (SSSR count). The van der Waals surface area contributed by atoms with Crippen LogP contribution in [0.4, 0.5) is 0 Å². The predicted octanol–water partition coefficient (Wildman–Crippen LogP) is 1.94. The Labute approximate surface area is 86.1 Å². The molecule has 1 atom stereocenters. The van der Waals surface area contributed by atoms with Crippen LogP contribution in [-0.4, -0.2) is 16.2 Å².